The van der Waals surface area contributed by atoms with E-state index < -0.39 is 0 Å². The molecule has 0 unspecified atom stereocenters. The maximum atomic E-state index is 5.63. The predicted octanol–water partition coefficient (Wildman–Crippen LogP) is 2.08. The molecule has 0 aliphatic rings. The molecule has 4 heteroatoms. The van der Waals surface area contributed by atoms with Crippen molar-refractivity contribution in [1.82, 2.24) is 9.78 Å². The Labute approximate surface area is 94.8 Å². The van der Waals surface area contributed by atoms with Crippen molar-refractivity contribution in [3.8, 4) is 5.88 Å². The highest BCUT2D eigenvalue weighted by Crippen LogP contribution is 2.25. The van der Waals surface area contributed by atoms with Crippen molar-refractivity contribution < 1.29 is 9.47 Å². The second-order valence-corrected chi connectivity index (χ2v) is 3.47. The summed E-state index contributed by atoms with van der Waals surface area (Å²) in [7, 11) is 1.68. The molecule has 86 valence electrons. The van der Waals surface area contributed by atoms with Crippen molar-refractivity contribution in [2.24, 2.45) is 0 Å². The zero-order valence-electron chi connectivity index (χ0n) is 9.64. The molecule has 0 aliphatic carbocycles. The van der Waals surface area contributed by atoms with Gasteiger partial charge in [0.2, 0.25) is 5.88 Å². The molecule has 1 heterocycles. The quantitative estimate of drug-likeness (QED) is 0.774. The van der Waals surface area contributed by atoms with Crippen LogP contribution in [0.15, 0.2) is 24.3 Å². The lowest BCUT2D eigenvalue weighted by Gasteiger charge is -2.07. The summed E-state index contributed by atoms with van der Waals surface area (Å²) in [4.78, 5) is 0. The summed E-state index contributed by atoms with van der Waals surface area (Å²) in [6.45, 7) is 3.96. The summed E-state index contributed by atoms with van der Waals surface area (Å²) < 4.78 is 12.5. The Morgan fingerprint density at radius 1 is 1.31 bits per heavy atom. The zero-order valence-corrected chi connectivity index (χ0v) is 9.64. The largest absolute Gasteiger partial charge is 0.478 e. The molecule has 1 aromatic heterocycles. The average Bonchev–Trinajstić information content (AvgIpc) is 2.66. The summed E-state index contributed by atoms with van der Waals surface area (Å²) in [5, 5.41) is 5.54. The van der Waals surface area contributed by atoms with Crippen LogP contribution >= 0.6 is 0 Å². The van der Waals surface area contributed by atoms with Gasteiger partial charge in [0.15, 0.2) is 0 Å². The number of hydrogen-bond donors (Lipinski definition) is 0. The zero-order chi connectivity index (χ0) is 11.4. The normalized spacial score (nSPS) is 10.9. The fourth-order valence-electron chi connectivity index (χ4n) is 1.67. The van der Waals surface area contributed by atoms with Gasteiger partial charge in [-0.15, -0.1) is 0 Å². The Bertz CT molecular complexity index is 465. The van der Waals surface area contributed by atoms with Crippen molar-refractivity contribution in [2.45, 2.75) is 13.5 Å². The third-order valence-corrected chi connectivity index (χ3v) is 2.39. The van der Waals surface area contributed by atoms with Gasteiger partial charge in [0.1, 0.15) is 0 Å². The smallest absolute Gasteiger partial charge is 0.219 e. The van der Waals surface area contributed by atoms with Crippen LogP contribution in [-0.4, -0.2) is 30.1 Å². The number of nitrogens with zero attached hydrogens (tertiary/aromatic N) is 2. The third-order valence-electron chi connectivity index (χ3n) is 2.39. The number of methoxy groups -OCH3 is 1. The molecule has 0 spiro atoms. The SMILES string of the molecule is CCOc1c2ccccc2nn1CCOC. The molecule has 0 saturated carbocycles. The van der Waals surface area contributed by atoms with Crippen molar-refractivity contribution in [1.29, 1.82) is 0 Å². The Morgan fingerprint density at radius 3 is 2.88 bits per heavy atom. The van der Waals surface area contributed by atoms with Gasteiger partial charge in [-0.3, -0.25) is 0 Å². The maximum Gasteiger partial charge on any atom is 0.219 e. The molecule has 0 N–H and O–H groups in total. The Morgan fingerprint density at radius 2 is 2.12 bits per heavy atom. The van der Waals surface area contributed by atoms with Crippen molar-refractivity contribution in [3.63, 3.8) is 0 Å². The Balaban J connectivity index is 2.41. The molecule has 0 fully saturated rings. The van der Waals surface area contributed by atoms with E-state index in [9.17, 15) is 0 Å². The van der Waals surface area contributed by atoms with E-state index in [0.717, 1.165) is 16.8 Å². The first kappa shape index (κ1) is 11.0. The molecule has 0 saturated heterocycles. The number of ether oxygens (including phenoxy) is 2. The number of hydrogen-bond acceptors (Lipinski definition) is 3. The van der Waals surface area contributed by atoms with Gasteiger partial charge in [-0.05, 0) is 19.1 Å². The molecule has 2 rings (SSSR count). The first-order valence-electron chi connectivity index (χ1n) is 5.44. The standard InChI is InChI=1S/C12H16N2O2/c1-3-16-12-10-6-4-5-7-11(10)13-14(12)8-9-15-2/h4-7H,3,8-9H2,1-2H3. The Kier molecular flexibility index (Phi) is 3.41. The fourth-order valence-corrected chi connectivity index (χ4v) is 1.67. The number of fused-ring (bicyclic) bond motifs is 1. The van der Waals surface area contributed by atoms with Gasteiger partial charge in [0.25, 0.3) is 0 Å². The van der Waals surface area contributed by atoms with E-state index in [-0.39, 0.29) is 0 Å². The van der Waals surface area contributed by atoms with Crippen LogP contribution in [0.3, 0.4) is 0 Å². The van der Waals surface area contributed by atoms with E-state index in [0.29, 0.717) is 19.8 Å². The van der Waals surface area contributed by atoms with E-state index >= 15 is 0 Å². The molecule has 0 bridgehead atoms. The molecule has 0 atom stereocenters. The fraction of sp³-hybridized carbons (Fsp3) is 0.417. The van der Waals surface area contributed by atoms with Crippen LogP contribution in [0.5, 0.6) is 5.88 Å². The van der Waals surface area contributed by atoms with Crippen LogP contribution in [0.2, 0.25) is 0 Å². The molecule has 0 amide bonds. The lowest BCUT2D eigenvalue weighted by molar-refractivity contribution is 0.177. The van der Waals surface area contributed by atoms with E-state index in [1.165, 1.54) is 0 Å². The van der Waals surface area contributed by atoms with Crippen LogP contribution in [-0.2, 0) is 11.3 Å². The van der Waals surface area contributed by atoms with Crippen LogP contribution in [0, 0.1) is 0 Å². The minimum Gasteiger partial charge on any atom is -0.478 e. The number of rotatable bonds is 5. The number of benzene rings is 1. The average molecular weight is 220 g/mol. The van der Waals surface area contributed by atoms with Crippen LogP contribution < -0.4 is 4.74 Å². The second kappa shape index (κ2) is 4.99. The molecule has 16 heavy (non-hydrogen) atoms. The van der Waals surface area contributed by atoms with Gasteiger partial charge >= 0.3 is 0 Å². The highest BCUT2D eigenvalue weighted by Gasteiger charge is 2.10. The van der Waals surface area contributed by atoms with E-state index in [2.05, 4.69) is 5.10 Å². The first-order chi connectivity index (χ1) is 7.86. The van der Waals surface area contributed by atoms with Gasteiger partial charge in [0.05, 0.1) is 30.7 Å². The topological polar surface area (TPSA) is 36.3 Å². The third kappa shape index (κ3) is 2.02. The van der Waals surface area contributed by atoms with E-state index in [1.807, 2.05) is 35.9 Å². The maximum absolute atomic E-state index is 5.63. The lowest BCUT2D eigenvalue weighted by Crippen LogP contribution is -2.08. The lowest BCUT2D eigenvalue weighted by atomic mass is 10.2. The molecule has 4 nitrogen and oxygen atoms in total. The van der Waals surface area contributed by atoms with Crippen LogP contribution in [0.4, 0.5) is 0 Å². The summed E-state index contributed by atoms with van der Waals surface area (Å²) >= 11 is 0. The summed E-state index contributed by atoms with van der Waals surface area (Å²) in [6.07, 6.45) is 0. The highest BCUT2D eigenvalue weighted by molar-refractivity contribution is 5.84. The van der Waals surface area contributed by atoms with Gasteiger partial charge in [-0.2, -0.15) is 5.10 Å². The number of aromatic nitrogens is 2. The molecule has 1 aromatic carbocycles. The molecular weight excluding hydrogens is 204 g/mol. The molecular formula is C12H16N2O2. The second-order valence-electron chi connectivity index (χ2n) is 3.47. The van der Waals surface area contributed by atoms with Gasteiger partial charge in [-0.1, -0.05) is 12.1 Å². The minimum absolute atomic E-state index is 0.633. The van der Waals surface area contributed by atoms with Gasteiger partial charge in [-0.25, -0.2) is 4.68 Å². The first-order valence-corrected chi connectivity index (χ1v) is 5.44. The molecule has 0 aliphatic heterocycles. The minimum atomic E-state index is 0.633. The monoisotopic (exact) mass is 220 g/mol. The van der Waals surface area contributed by atoms with Crippen LogP contribution in [0.1, 0.15) is 6.92 Å². The van der Waals surface area contributed by atoms with E-state index in [1.54, 1.807) is 7.11 Å². The van der Waals surface area contributed by atoms with Crippen molar-refractivity contribution in [3.05, 3.63) is 24.3 Å². The van der Waals surface area contributed by atoms with Crippen molar-refractivity contribution in [2.75, 3.05) is 20.3 Å². The van der Waals surface area contributed by atoms with Crippen molar-refractivity contribution >= 4 is 10.9 Å². The molecule has 2 aromatic rings. The summed E-state index contributed by atoms with van der Waals surface area (Å²) in [5.74, 6) is 0.829. The van der Waals surface area contributed by atoms with Gasteiger partial charge in [0, 0.05) is 7.11 Å². The Hall–Kier alpha value is -1.55. The predicted molar refractivity (Wildman–Crippen MR) is 62.8 cm³/mol. The van der Waals surface area contributed by atoms with Crippen LogP contribution in [0.25, 0.3) is 10.9 Å². The summed E-state index contributed by atoms with van der Waals surface area (Å²) in [6, 6.07) is 7.98. The molecule has 0 radical (unpaired) electrons. The van der Waals surface area contributed by atoms with Gasteiger partial charge < -0.3 is 9.47 Å². The van der Waals surface area contributed by atoms with E-state index in [4.69, 9.17) is 9.47 Å². The summed E-state index contributed by atoms with van der Waals surface area (Å²) in [5.41, 5.74) is 0.960. The highest BCUT2D eigenvalue weighted by atomic mass is 16.5.